The van der Waals surface area contributed by atoms with Crippen LogP contribution in [0.4, 0.5) is 11.4 Å². The first-order valence-electron chi connectivity index (χ1n) is 10.3. The van der Waals surface area contributed by atoms with Gasteiger partial charge in [0.2, 0.25) is 5.91 Å². The Morgan fingerprint density at radius 3 is 2.15 bits per heavy atom. The maximum atomic E-state index is 13.8. The van der Waals surface area contributed by atoms with E-state index in [0.29, 0.717) is 16.4 Å². The topological polar surface area (TPSA) is 66.9 Å². The minimum absolute atomic E-state index is 0.0124. The second kappa shape index (κ2) is 9.85. The molecular formula is C25H27ClN2O4S. The lowest BCUT2D eigenvalue weighted by molar-refractivity contribution is -0.116. The molecule has 0 aliphatic rings. The lowest BCUT2D eigenvalue weighted by Gasteiger charge is -2.27. The molecular weight excluding hydrogens is 460 g/mol. The number of carbonyl (C=O) groups is 1. The van der Waals surface area contributed by atoms with Gasteiger partial charge in [-0.15, -0.1) is 0 Å². The van der Waals surface area contributed by atoms with Crippen LogP contribution in [0.2, 0.25) is 5.02 Å². The number of benzene rings is 3. The van der Waals surface area contributed by atoms with Crippen LogP contribution in [-0.4, -0.2) is 35.0 Å². The van der Waals surface area contributed by atoms with Crippen LogP contribution < -0.4 is 13.9 Å². The average molecular weight is 487 g/mol. The third-order valence-electron chi connectivity index (χ3n) is 5.53. The minimum Gasteiger partial charge on any atom is -0.495 e. The summed E-state index contributed by atoms with van der Waals surface area (Å²) in [5, 5.41) is 0.461. The van der Waals surface area contributed by atoms with Crippen LogP contribution in [0.3, 0.4) is 0 Å². The normalized spacial score (nSPS) is 11.2. The zero-order valence-electron chi connectivity index (χ0n) is 19.3. The van der Waals surface area contributed by atoms with Crippen molar-refractivity contribution in [3.8, 4) is 5.75 Å². The van der Waals surface area contributed by atoms with Gasteiger partial charge in [-0.1, -0.05) is 23.7 Å². The van der Waals surface area contributed by atoms with Crippen molar-refractivity contribution in [2.24, 2.45) is 0 Å². The Labute approximate surface area is 200 Å². The summed E-state index contributed by atoms with van der Waals surface area (Å²) in [6, 6.07) is 16.9. The number of sulfonamides is 1. The summed E-state index contributed by atoms with van der Waals surface area (Å²) in [4.78, 5) is 14.7. The fraction of sp³-hybridized carbons (Fsp3) is 0.240. The van der Waals surface area contributed by atoms with Crippen LogP contribution in [0, 0.1) is 20.8 Å². The number of halogens is 1. The highest BCUT2D eigenvalue weighted by molar-refractivity contribution is 7.93. The van der Waals surface area contributed by atoms with Crippen LogP contribution in [0.1, 0.15) is 16.7 Å². The molecule has 0 saturated carbocycles. The number of rotatable bonds is 7. The molecule has 0 N–H and O–H groups in total. The first-order valence-corrected chi connectivity index (χ1v) is 12.1. The van der Waals surface area contributed by atoms with E-state index in [1.54, 1.807) is 50.4 Å². The molecule has 0 unspecified atom stereocenters. The van der Waals surface area contributed by atoms with Gasteiger partial charge in [0.15, 0.2) is 0 Å². The highest BCUT2D eigenvalue weighted by Gasteiger charge is 2.31. The molecule has 33 heavy (non-hydrogen) atoms. The van der Waals surface area contributed by atoms with E-state index in [1.807, 2.05) is 32.0 Å². The van der Waals surface area contributed by atoms with Crippen molar-refractivity contribution in [1.29, 1.82) is 0 Å². The SMILES string of the molecule is COc1ccc(C)cc1S(=O)(=O)N(CC(=O)N(C)c1ccc(C)c(C)c1)c1ccc(Cl)cc1. The molecule has 0 atom stereocenters. The summed E-state index contributed by atoms with van der Waals surface area (Å²) in [5.74, 6) is -0.182. The maximum Gasteiger partial charge on any atom is 0.268 e. The van der Waals surface area contributed by atoms with E-state index < -0.39 is 16.6 Å². The molecule has 174 valence electrons. The summed E-state index contributed by atoms with van der Waals surface area (Å²) >= 11 is 6.02. The van der Waals surface area contributed by atoms with Crippen LogP contribution in [-0.2, 0) is 14.8 Å². The molecule has 0 aliphatic heterocycles. The van der Waals surface area contributed by atoms with Crippen molar-refractivity contribution in [2.45, 2.75) is 25.7 Å². The zero-order chi connectivity index (χ0) is 24.3. The van der Waals surface area contributed by atoms with Gasteiger partial charge in [-0.05, 0) is 86.0 Å². The second-order valence-corrected chi connectivity index (χ2v) is 10.1. The van der Waals surface area contributed by atoms with Crippen LogP contribution in [0.15, 0.2) is 65.6 Å². The van der Waals surface area contributed by atoms with Gasteiger partial charge in [-0.25, -0.2) is 8.42 Å². The van der Waals surface area contributed by atoms with E-state index in [-0.39, 0.29) is 16.6 Å². The Balaban J connectivity index is 2.05. The van der Waals surface area contributed by atoms with Crippen LogP contribution in [0.25, 0.3) is 0 Å². The molecule has 6 nitrogen and oxygen atoms in total. The van der Waals surface area contributed by atoms with Gasteiger partial charge in [0, 0.05) is 17.8 Å². The summed E-state index contributed by atoms with van der Waals surface area (Å²) in [7, 11) is -1.10. The monoisotopic (exact) mass is 486 g/mol. The Bertz CT molecular complexity index is 1270. The molecule has 3 aromatic rings. The van der Waals surface area contributed by atoms with Gasteiger partial charge in [0.1, 0.15) is 17.2 Å². The maximum absolute atomic E-state index is 13.8. The second-order valence-electron chi connectivity index (χ2n) is 7.86. The number of hydrogen-bond donors (Lipinski definition) is 0. The molecule has 3 aromatic carbocycles. The fourth-order valence-electron chi connectivity index (χ4n) is 3.33. The van der Waals surface area contributed by atoms with Crippen molar-refractivity contribution >= 4 is 38.9 Å². The predicted molar refractivity (Wildman–Crippen MR) is 133 cm³/mol. The zero-order valence-corrected chi connectivity index (χ0v) is 20.9. The highest BCUT2D eigenvalue weighted by atomic mass is 35.5. The third-order valence-corrected chi connectivity index (χ3v) is 7.58. The molecule has 0 bridgehead atoms. The Morgan fingerprint density at radius 2 is 1.55 bits per heavy atom. The molecule has 0 heterocycles. The first kappa shape index (κ1) is 24.6. The highest BCUT2D eigenvalue weighted by Crippen LogP contribution is 2.31. The number of ether oxygens (including phenoxy) is 1. The number of anilines is 2. The molecule has 0 fully saturated rings. The van der Waals surface area contributed by atoms with Gasteiger partial charge in [0.05, 0.1) is 12.8 Å². The van der Waals surface area contributed by atoms with Crippen LogP contribution >= 0.6 is 11.6 Å². The fourth-order valence-corrected chi connectivity index (χ4v) is 5.12. The number of hydrogen-bond acceptors (Lipinski definition) is 4. The lowest BCUT2D eigenvalue weighted by atomic mass is 10.1. The number of methoxy groups -OCH3 is 1. The molecule has 0 spiro atoms. The van der Waals surface area contributed by atoms with Crippen molar-refractivity contribution in [1.82, 2.24) is 0 Å². The van der Waals surface area contributed by atoms with E-state index in [0.717, 1.165) is 21.0 Å². The van der Waals surface area contributed by atoms with Gasteiger partial charge in [-0.3, -0.25) is 9.10 Å². The third kappa shape index (κ3) is 5.31. The van der Waals surface area contributed by atoms with Gasteiger partial charge >= 0.3 is 0 Å². The van der Waals surface area contributed by atoms with Gasteiger partial charge < -0.3 is 9.64 Å². The van der Waals surface area contributed by atoms with Crippen LogP contribution in [0.5, 0.6) is 5.75 Å². The number of aryl methyl sites for hydroxylation is 3. The van der Waals surface area contributed by atoms with Crippen molar-refractivity contribution < 1.29 is 17.9 Å². The summed E-state index contributed by atoms with van der Waals surface area (Å²) in [5.41, 5.74) is 3.91. The standard InChI is InChI=1S/C25H27ClN2O4S/c1-17-6-13-23(32-5)24(14-17)33(30,31)28(21-11-8-20(26)9-12-21)16-25(29)27(4)22-10-7-18(2)19(3)15-22/h6-15H,16H2,1-5H3. The Morgan fingerprint density at radius 1 is 0.909 bits per heavy atom. The number of nitrogens with zero attached hydrogens (tertiary/aromatic N) is 2. The molecule has 0 radical (unpaired) electrons. The van der Waals surface area contributed by atoms with Gasteiger partial charge in [-0.2, -0.15) is 0 Å². The predicted octanol–water partition coefficient (Wildman–Crippen LogP) is 5.13. The number of likely N-dealkylation sites (N-methyl/N-ethyl adjacent to an activating group) is 1. The number of amides is 1. The smallest absolute Gasteiger partial charge is 0.268 e. The largest absolute Gasteiger partial charge is 0.495 e. The number of carbonyl (C=O) groups excluding carboxylic acids is 1. The molecule has 0 aliphatic carbocycles. The first-order chi connectivity index (χ1) is 15.5. The lowest BCUT2D eigenvalue weighted by Crippen LogP contribution is -2.42. The Kier molecular flexibility index (Phi) is 7.34. The quantitative estimate of drug-likeness (QED) is 0.464. The van der Waals surface area contributed by atoms with E-state index in [2.05, 4.69) is 0 Å². The average Bonchev–Trinajstić information content (AvgIpc) is 2.79. The minimum atomic E-state index is -4.14. The van der Waals surface area contributed by atoms with E-state index >= 15 is 0 Å². The summed E-state index contributed by atoms with van der Waals surface area (Å²) in [6.07, 6.45) is 0. The van der Waals surface area contributed by atoms with Gasteiger partial charge in [0.25, 0.3) is 10.0 Å². The molecule has 0 aromatic heterocycles. The van der Waals surface area contributed by atoms with Crippen molar-refractivity contribution in [3.05, 3.63) is 82.4 Å². The van der Waals surface area contributed by atoms with Crippen molar-refractivity contribution in [3.63, 3.8) is 0 Å². The molecule has 8 heteroatoms. The summed E-state index contributed by atoms with van der Waals surface area (Å²) in [6.45, 7) is 5.35. The van der Waals surface area contributed by atoms with E-state index in [9.17, 15) is 13.2 Å². The molecule has 0 saturated heterocycles. The Hall–Kier alpha value is -3.03. The van der Waals surface area contributed by atoms with E-state index in [4.69, 9.17) is 16.3 Å². The van der Waals surface area contributed by atoms with Crippen molar-refractivity contribution in [2.75, 3.05) is 29.9 Å². The summed E-state index contributed by atoms with van der Waals surface area (Å²) < 4.78 is 34.0. The van der Waals surface area contributed by atoms with E-state index in [1.165, 1.54) is 18.1 Å². The molecule has 1 amide bonds. The molecule has 3 rings (SSSR count).